The summed E-state index contributed by atoms with van der Waals surface area (Å²) in [6, 6.07) is 14.2. The molecule has 0 atom stereocenters. The van der Waals surface area contributed by atoms with Gasteiger partial charge in [0.05, 0.1) is 0 Å². The third kappa shape index (κ3) is 6.07. The first-order valence-electron chi connectivity index (χ1n) is 8.64. The second-order valence-electron chi connectivity index (χ2n) is 6.44. The van der Waals surface area contributed by atoms with Gasteiger partial charge in [0.25, 0.3) is 0 Å². The fraction of sp³-hybridized carbons (Fsp3) is 0.333. The van der Waals surface area contributed by atoms with Gasteiger partial charge in [-0.05, 0) is 50.3 Å². The van der Waals surface area contributed by atoms with Crippen LogP contribution in [-0.2, 0) is 16.0 Å². The van der Waals surface area contributed by atoms with Crippen molar-refractivity contribution in [1.82, 2.24) is 5.32 Å². The molecule has 4 nitrogen and oxygen atoms in total. The van der Waals surface area contributed by atoms with E-state index < -0.39 is 0 Å². The molecule has 0 saturated heterocycles. The van der Waals surface area contributed by atoms with E-state index in [-0.39, 0.29) is 18.2 Å². The van der Waals surface area contributed by atoms with Crippen LogP contribution in [-0.4, -0.2) is 18.4 Å². The van der Waals surface area contributed by atoms with E-state index in [1.165, 1.54) is 5.56 Å². The number of benzene rings is 2. The van der Waals surface area contributed by atoms with E-state index in [4.69, 9.17) is 0 Å². The molecule has 2 rings (SSSR count). The second kappa shape index (κ2) is 9.02. The summed E-state index contributed by atoms with van der Waals surface area (Å²) >= 11 is 0. The van der Waals surface area contributed by atoms with Crippen LogP contribution in [0.5, 0.6) is 0 Å². The van der Waals surface area contributed by atoms with Gasteiger partial charge in [0.2, 0.25) is 11.8 Å². The third-order valence-corrected chi connectivity index (χ3v) is 4.07. The minimum absolute atomic E-state index is 0.155. The standard InChI is InChI=1S/C21H26N2O2/c1-15-12-16(2)21(17(3)13-15)23-20(25)14-19(24)22-11-7-10-18-8-5-4-6-9-18/h4-6,8-9,12-13H,7,10-11,14H2,1-3H3,(H,22,24)(H,23,25). The fourth-order valence-electron chi connectivity index (χ4n) is 2.93. The van der Waals surface area contributed by atoms with Crippen molar-refractivity contribution in [2.24, 2.45) is 0 Å². The Hall–Kier alpha value is -2.62. The van der Waals surface area contributed by atoms with E-state index in [1.54, 1.807) is 0 Å². The fourth-order valence-corrected chi connectivity index (χ4v) is 2.93. The van der Waals surface area contributed by atoms with Crippen LogP contribution in [0.3, 0.4) is 0 Å². The Morgan fingerprint density at radius 2 is 1.56 bits per heavy atom. The monoisotopic (exact) mass is 338 g/mol. The van der Waals surface area contributed by atoms with Gasteiger partial charge in [-0.15, -0.1) is 0 Å². The highest BCUT2D eigenvalue weighted by Crippen LogP contribution is 2.21. The first kappa shape index (κ1) is 18.7. The molecule has 2 aromatic carbocycles. The normalized spacial score (nSPS) is 10.4. The molecule has 0 fully saturated rings. The third-order valence-electron chi connectivity index (χ3n) is 4.07. The lowest BCUT2D eigenvalue weighted by molar-refractivity contribution is -0.126. The maximum Gasteiger partial charge on any atom is 0.233 e. The smallest absolute Gasteiger partial charge is 0.233 e. The summed E-state index contributed by atoms with van der Waals surface area (Å²) in [7, 11) is 0. The Kier molecular flexibility index (Phi) is 6.75. The highest BCUT2D eigenvalue weighted by atomic mass is 16.2. The molecule has 0 aliphatic rings. The van der Waals surface area contributed by atoms with Gasteiger partial charge in [0.15, 0.2) is 0 Å². The van der Waals surface area contributed by atoms with Crippen molar-refractivity contribution in [1.29, 1.82) is 0 Å². The number of rotatable bonds is 7. The summed E-state index contributed by atoms with van der Waals surface area (Å²) in [6.45, 7) is 6.51. The number of hydrogen-bond acceptors (Lipinski definition) is 2. The molecule has 0 bridgehead atoms. The minimum Gasteiger partial charge on any atom is -0.356 e. The largest absolute Gasteiger partial charge is 0.356 e. The summed E-state index contributed by atoms with van der Waals surface area (Å²) < 4.78 is 0. The molecule has 2 aromatic rings. The summed E-state index contributed by atoms with van der Waals surface area (Å²) in [5.74, 6) is -0.524. The van der Waals surface area contributed by atoms with Gasteiger partial charge in [0, 0.05) is 12.2 Å². The molecule has 0 aromatic heterocycles. The maximum atomic E-state index is 12.1. The predicted octanol–water partition coefficient (Wildman–Crippen LogP) is 3.69. The molecule has 132 valence electrons. The second-order valence-corrected chi connectivity index (χ2v) is 6.44. The molecule has 0 heterocycles. The Morgan fingerprint density at radius 3 is 2.20 bits per heavy atom. The zero-order valence-corrected chi connectivity index (χ0v) is 15.2. The molecule has 4 heteroatoms. The summed E-state index contributed by atoms with van der Waals surface area (Å²) in [5.41, 5.74) is 5.22. The Bertz CT molecular complexity index is 716. The van der Waals surface area contributed by atoms with E-state index in [0.29, 0.717) is 6.54 Å². The van der Waals surface area contributed by atoms with Crippen molar-refractivity contribution in [3.8, 4) is 0 Å². The topological polar surface area (TPSA) is 58.2 Å². The van der Waals surface area contributed by atoms with Crippen molar-refractivity contribution >= 4 is 17.5 Å². The number of anilines is 1. The van der Waals surface area contributed by atoms with Crippen LogP contribution in [0.15, 0.2) is 42.5 Å². The Labute approximate surface area is 149 Å². The molecule has 2 amide bonds. The number of nitrogens with one attached hydrogen (secondary N) is 2. The molecule has 0 radical (unpaired) electrons. The van der Waals surface area contributed by atoms with Crippen LogP contribution >= 0.6 is 0 Å². The molecule has 0 spiro atoms. The molecule has 0 saturated carbocycles. The summed E-state index contributed by atoms with van der Waals surface area (Å²) in [6.07, 6.45) is 1.61. The maximum absolute atomic E-state index is 12.1. The molecular formula is C21H26N2O2. The van der Waals surface area contributed by atoms with Crippen LogP contribution in [0.1, 0.15) is 35.1 Å². The van der Waals surface area contributed by atoms with Gasteiger partial charge in [-0.25, -0.2) is 0 Å². The Morgan fingerprint density at radius 1 is 0.920 bits per heavy atom. The van der Waals surface area contributed by atoms with Crippen molar-refractivity contribution in [3.63, 3.8) is 0 Å². The van der Waals surface area contributed by atoms with Crippen LogP contribution in [0.25, 0.3) is 0 Å². The van der Waals surface area contributed by atoms with Gasteiger partial charge in [-0.1, -0.05) is 48.0 Å². The first-order valence-corrected chi connectivity index (χ1v) is 8.64. The van der Waals surface area contributed by atoms with Crippen LogP contribution < -0.4 is 10.6 Å². The average Bonchev–Trinajstić information content (AvgIpc) is 2.56. The summed E-state index contributed by atoms with van der Waals surface area (Å²) in [4.78, 5) is 24.0. The van der Waals surface area contributed by atoms with Crippen molar-refractivity contribution < 1.29 is 9.59 Å². The van der Waals surface area contributed by atoms with E-state index in [9.17, 15) is 9.59 Å². The predicted molar refractivity (Wildman–Crippen MR) is 102 cm³/mol. The molecule has 0 aliphatic heterocycles. The van der Waals surface area contributed by atoms with Crippen molar-refractivity contribution in [3.05, 3.63) is 64.7 Å². The highest BCUT2D eigenvalue weighted by Gasteiger charge is 2.12. The Balaban J connectivity index is 1.74. The lowest BCUT2D eigenvalue weighted by Crippen LogP contribution is -2.29. The molecular weight excluding hydrogens is 312 g/mol. The lowest BCUT2D eigenvalue weighted by Gasteiger charge is -2.13. The lowest BCUT2D eigenvalue weighted by atomic mass is 10.0. The van der Waals surface area contributed by atoms with Gasteiger partial charge in [-0.2, -0.15) is 0 Å². The van der Waals surface area contributed by atoms with Crippen molar-refractivity contribution in [2.75, 3.05) is 11.9 Å². The highest BCUT2D eigenvalue weighted by molar-refractivity contribution is 6.04. The summed E-state index contributed by atoms with van der Waals surface area (Å²) in [5, 5.41) is 5.66. The van der Waals surface area contributed by atoms with E-state index in [0.717, 1.165) is 35.2 Å². The van der Waals surface area contributed by atoms with Crippen LogP contribution in [0.2, 0.25) is 0 Å². The quantitative estimate of drug-likeness (QED) is 0.597. The van der Waals surface area contributed by atoms with Crippen molar-refractivity contribution in [2.45, 2.75) is 40.0 Å². The van der Waals surface area contributed by atoms with Gasteiger partial charge in [0.1, 0.15) is 6.42 Å². The van der Waals surface area contributed by atoms with Gasteiger partial charge >= 0.3 is 0 Å². The zero-order chi connectivity index (χ0) is 18.2. The number of hydrogen-bond donors (Lipinski definition) is 2. The molecule has 25 heavy (non-hydrogen) atoms. The van der Waals surface area contributed by atoms with Gasteiger partial charge in [-0.3, -0.25) is 9.59 Å². The number of aryl methyl sites for hydroxylation is 4. The zero-order valence-electron chi connectivity index (χ0n) is 15.2. The number of carbonyl (C=O) groups excluding carboxylic acids is 2. The van der Waals surface area contributed by atoms with Crippen LogP contribution in [0, 0.1) is 20.8 Å². The molecule has 2 N–H and O–H groups in total. The number of amides is 2. The van der Waals surface area contributed by atoms with Gasteiger partial charge < -0.3 is 10.6 Å². The first-order chi connectivity index (χ1) is 12.0. The average molecular weight is 338 g/mol. The SMILES string of the molecule is Cc1cc(C)c(NC(=O)CC(=O)NCCCc2ccccc2)c(C)c1. The number of carbonyl (C=O) groups is 2. The van der Waals surface area contributed by atoms with Crippen LogP contribution in [0.4, 0.5) is 5.69 Å². The molecule has 0 unspecified atom stereocenters. The van der Waals surface area contributed by atoms with E-state index >= 15 is 0 Å². The van der Waals surface area contributed by atoms with E-state index in [1.807, 2.05) is 51.1 Å². The molecule has 0 aliphatic carbocycles. The minimum atomic E-state index is -0.282. The van der Waals surface area contributed by atoms with E-state index in [2.05, 4.69) is 22.8 Å².